The summed E-state index contributed by atoms with van der Waals surface area (Å²) in [5.41, 5.74) is 4.10. The quantitative estimate of drug-likeness (QED) is 0.577. The lowest BCUT2D eigenvalue weighted by atomic mass is 10.1. The van der Waals surface area contributed by atoms with Crippen molar-refractivity contribution in [1.29, 1.82) is 0 Å². The fraction of sp³-hybridized carbons (Fsp3) is 0.176. The molecular formula is C17H16N6OS. The monoisotopic (exact) mass is 352 g/mol. The maximum atomic E-state index is 12.1. The van der Waals surface area contributed by atoms with E-state index in [9.17, 15) is 4.79 Å². The molecule has 2 N–H and O–H groups in total. The minimum absolute atomic E-state index is 0.0907. The highest BCUT2D eigenvalue weighted by Gasteiger charge is 2.14. The van der Waals surface area contributed by atoms with Crippen LogP contribution < -0.4 is 5.32 Å². The summed E-state index contributed by atoms with van der Waals surface area (Å²) >= 11 is 1.42. The van der Waals surface area contributed by atoms with Crippen LogP contribution in [0, 0.1) is 6.92 Å². The summed E-state index contributed by atoms with van der Waals surface area (Å²) < 4.78 is 1.63. The van der Waals surface area contributed by atoms with E-state index in [0.717, 1.165) is 27.9 Å². The lowest BCUT2D eigenvalue weighted by Gasteiger charge is -2.01. The summed E-state index contributed by atoms with van der Waals surface area (Å²) in [7, 11) is 0. The van der Waals surface area contributed by atoms with Gasteiger partial charge in [0.2, 0.25) is 5.91 Å². The van der Waals surface area contributed by atoms with Gasteiger partial charge in [-0.25, -0.2) is 9.97 Å². The number of carbonyl (C=O) groups excluding carboxylic acids is 1. The SMILES string of the molecule is Cc1[nH]c2ccccc2c1-c1csc(NC(=O)CCn2cncn2)n1. The van der Waals surface area contributed by atoms with E-state index in [0.29, 0.717) is 18.1 Å². The predicted molar refractivity (Wildman–Crippen MR) is 97.4 cm³/mol. The Morgan fingerprint density at radius 3 is 3.08 bits per heavy atom. The van der Waals surface area contributed by atoms with Gasteiger partial charge in [-0.15, -0.1) is 11.3 Å². The molecule has 4 aromatic rings. The van der Waals surface area contributed by atoms with Crippen LogP contribution in [0.2, 0.25) is 0 Å². The average molecular weight is 352 g/mol. The Bertz CT molecular complexity index is 1020. The van der Waals surface area contributed by atoms with E-state index in [1.807, 2.05) is 30.5 Å². The summed E-state index contributed by atoms with van der Waals surface area (Å²) in [6.45, 7) is 2.52. The van der Waals surface area contributed by atoms with Crippen LogP contribution in [0.3, 0.4) is 0 Å². The molecule has 4 rings (SSSR count). The Kier molecular flexibility index (Phi) is 4.02. The van der Waals surface area contributed by atoms with E-state index >= 15 is 0 Å². The number of thiazole rings is 1. The molecule has 0 saturated carbocycles. The smallest absolute Gasteiger partial charge is 0.228 e. The maximum absolute atomic E-state index is 12.1. The van der Waals surface area contributed by atoms with Crippen molar-refractivity contribution in [3.8, 4) is 11.3 Å². The lowest BCUT2D eigenvalue weighted by molar-refractivity contribution is -0.116. The van der Waals surface area contributed by atoms with E-state index in [-0.39, 0.29) is 5.91 Å². The highest BCUT2D eigenvalue weighted by Crippen LogP contribution is 2.33. The number of nitrogens with zero attached hydrogens (tertiary/aromatic N) is 4. The number of carbonyl (C=O) groups is 1. The Morgan fingerprint density at radius 2 is 2.24 bits per heavy atom. The molecule has 25 heavy (non-hydrogen) atoms. The third-order valence-corrected chi connectivity index (χ3v) is 4.69. The van der Waals surface area contributed by atoms with Crippen molar-refractivity contribution >= 4 is 33.3 Å². The van der Waals surface area contributed by atoms with Crippen LogP contribution in [-0.2, 0) is 11.3 Å². The highest BCUT2D eigenvalue weighted by molar-refractivity contribution is 7.14. The largest absolute Gasteiger partial charge is 0.358 e. The van der Waals surface area contributed by atoms with Gasteiger partial charge in [0, 0.05) is 34.0 Å². The number of hydrogen-bond acceptors (Lipinski definition) is 5. The molecule has 1 aromatic carbocycles. The topological polar surface area (TPSA) is 88.5 Å². The van der Waals surface area contributed by atoms with Crippen molar-refractivity contribution in [1.82, 2.24) is 24.7 Å². The summed E-state index contributed by atoms with van der Waals surface area (Å²) in [5.74, 6) is -0.0907. The van der Waals surface area contributed by atoms with E-state index in [1.165, 1.54) is 17.7 Å². The Labute approximate surface area is 147 Å². The molecule has 0 bridgehead atoms. The molecule has 8 heteroatoms. The summed E-state index contributed by atoms with van der Waals surface area (Å²) in [6.07, 6.45) is 3.37. The van der Waals surface area contributed by atoms with Gasteiger partial charge >= 0.3 is 0 Å². The Hall–Kier alpha value is -3.00. The number of H-pyrrole nitrogens is 1. The van der Waals surface area contributed by atoms with Crippen LogP contribution in [0.4, 0.5) is 5.13 Å². The van der Waals surface area contributed by atoms with Crippen molar-refractivity contribution in [2.75, 3.05) is 5.32 Å². The van der Waals surface area contributed by atoms with Gasteiger partial charge < -0.3 is 10.3 Å². The van der Waals surface area contributed by atoms with E-state index in [2.05, 4.69) is 31.4 Å². The number of hydrogen-bond donors (Lipinski definition) is 2. The second kappa shape index (κ2) is 6.48. The number of aryl methyl sites for hydroxylation is 2. The number of aromatic amines is 1. The first-order chi connectivity index (χ1) is 12.2. The van der Waals surface area contributed by atoms with Gasteiger partial charge in [0.25, 0.3) is 0 Å². The van der Waals surface area contributed by atoms with Gasteiger partial charge in [0.15, 0.2) is 5.13 Å². The molecule has 0 aliphatic rings. The van der Waals surface area contributed by atoms with Gasteiger partial charge in [0.05, 0.1) is 12.2 Å². The van der Waals surface area contributed by atoms with Crippen LogP contribution in [0.5, 0.6) is 0 Å². The maximum Gasteiger partial charge on any atom is 0.228 e. The average Bonchev–Trinajstić information content (AvgIpc) is 3.32. The summed E-state index contributed by atoms with van der Waals surface area (Å²) in [6, 6.07) is 8.14. The van der Waals surface area contributed by atoms with Crippen molar-refractivity contribution < 1.29 is 4.79 Å². The van der Waals surface area contributed by atoms with Gasteiger partial charge in [-0.1, -0.05) is 18.2 Å². The van der Waals surface area contributed by atoms with Crippen LogP contribution in [0.25, 0.3) is 22.2 Å². The van der Waals surface area contributed by atoms with Crippen molar-refractivity contribution in [2.24, 2.45) is 0 Å². The standard InChI is InChI=1S/C17H16N6OS/c1-11-16(12-4-2-3-5-13(12)20-11)14-8-25-17(21-14)22-15(24)6-7-23-10-18-9-19-23/h2-5,8-10,20H,6-7H2,1H3,(H,21,22,24). The molecule has 0 atom stereocenters. The van der Waals surface area contributed by atoms with Crippen molar-refractivity contribution in [3.05, 3.63) is 48.0 Å². The molecule has 1 amide bonds. The van der Waals surface area contributed by atoms with Crippen molar-refractivity contribution in [2.45, 2.75) is 19.9 Å². The molecule has 3 aromatic heterocycles. The molecule has 0 radical (unpaired) electrons. The molecule has 0 saturated heterocycles. The number of aromatic nitrogens is 5. The van der Waals surface area contributed by atoms with Gasteiger partial charge in [-0.3, -0.25) is 9.48 Å². The molecule has 7 nitrogen and oxygen atoms in total. The highest BCUT2D eigenvalue weighted by atomic mass is 32.1. The third kappa shape index (κ3) is 3.16. The molecular weight excluding hydrogens is 336 g/mol. The van der Waals surface area contributed by atoms with Crippen LogP contribution in [-0.4, -0.2) is 30.6 Å². The molecule has 0 aliphatic heterocycles. The molecule has 3 heterocycles. The first kappa shape index (κ1) is 15.5. The molecule has 0 unspecified atom stereocenters. The minimum Gasteiger partial charge on any atom is -0.358 e. The minimum atomic E-state index is -0.0907. The number of fused-ring (bicyclic) bond motifs is 1. The van der Waals surface area contributed by atoms with Gasteiger partial charge in [0.1, 0.15) is 12.7 Å². The van der Waals surface area contributed by atoms with Crippen LogP contribution in [0.15, 0.2) is 42.3 Å². The second-order valence-corrected chi connectivity index (χ2v) is 6.52. The van der Waals surface area contributed by atoms with E-state index < -0.39 is 0 Å². The van der Waals surface area contributed by atoms with E-state index in [1.54, 1.807) is 11.0 Å². The zero-order valence-electron chi connectivity index (χ0n) is 13.6. The molecule has 126 valence electrons. The first-order valence-electron chi connectivity index (χ1n) is 7.86. The number of benzene rings is 1. The van der Waals surface area contributed by atoms with E-state index in [4.69, 9.17) is 0 Å². The Balaban J connectivity index is 1.50. The first-order valence-corrected chi connectivity index (χ1v) is 8.74. The zero-order valence-corrected chi connectivity index (χ0v) is 14.4. The predicted octanol–water partition coefficient (Wildman–Crippen LogP) is 3.22. The van der Waals surface area contributed by atoms with Gasteiger partial charge in [-0.2, -0.15) is 5.10 Å². The van der Waals surface area contributed by atoms with Crippen LogP contribution >= 0.6 is 11.3 Å². The number of rotatable bonds is 5. The second-order valence-electron chi connectivity index (χ2n) is 5.67. The fourth-order valence-electron chi connectivity index (χ4n) is 2.80. The normalized spacial score (nSPS) is 11.1. The van der Waals surface area contributed by atoms with Crippen LogP contribution in [0.1, 0.15) is 12.1 Å². The number of para-hydroxylation sites is 1. The van der Waals surface area contributed by atoms with Gasteiger partial charge in [-0.05, 0) is 13.0 Å². The molecule has 0 fully saturated rings. The fourth-order valence-corrected chi connectivity index (χ4v) is 3.52. The molecule has 0 aliphatic carbocycles. The number of amides is 1. The number of nitrogens with one attached hydrogen (secondary N) is 2. The van der Waals surface area contributed by atoms with Crippen molar-refractivity contribution in [3.63, 3.8) is 0 Å². The summed E-state index contributed by atoms with van der Waals surface area (Å²) in [5, 5.41) is 10.5. The molecule has 0 spiro atoms. The summed E-state index contributed by atoms with van der Waals surface area (Å²) in [4.78, 5) is 23.9. The lowest BCUT2D eigenvalue weighted by Crippen LogP contribution is -2.14. The zero-order chi connectivity index (χ0) is 17.2. The Morgan fingerprint density at radius 1 is 1.36 bits per heavy atom. The number of anilines is 1. The third-order valence-electron chi connectivity index (χ3n) is 3.93.